The zero-order valence-corrected chi connectivity index (χ0v) is 16.8. The molecule has 152 valence electrons. The lowest BCUT2D eigenvalue weighted by Gasteiger charge is -2.33. The minimum atomic E-state index is -4.58. The molecule has 1 amide bonds. The van der Waals surface area contributed by atoms with Crippen molar-refractivity contribution in [3.8, 4) is 0 Å². The molecule has 1 aliphatic rings. The number of carbonyl (C=O) groups excluding carboxylic acids is 1. The Labute approximate surface area is 173 Å². The molecule has 1 aromatic carbocycles. The van der Waals surface area contributed by atoms with E-state index >= 15 is 0 Å². The standard InChI is InChI=1S/C16H16Cl2F3N5OS/c17-12-2-1-10(7-11(12)16(19,20)21)22-14(27)9-26-5-3-25(4-6-26)8-13-15(18)28-24-23-13/h1-2,7H,3-6,8-9H2,(H,22,27). The monoisotopic (exact) mass is 453 g/mol. The molecular formula is C16H16Cl2F3N5OS. The van der Waals surface area contributed by atoms with Crippen LogP contribution in [0.5, 0.6) is 0 Å². The maximum Gasteiger partial charge on any atom is 0.417 e. The van der Waals surface area contributed by atoms with E-state index in [0.29, 0.717) is 24.0 Å². The third kappa shape index (κ3) is 5.54. The van der Waals surface area contributed by atoms with Crippen molar-refractivity contribution < 1.29 is 18.0 Å². The van der Waals surface area contributed by atoms with Gasteiger partial charge in [0.1, 0.15) is 10.0 Å². The number of carbonyl (C=O) groups is 1. The fraction of sp³-hybridized carbons (Fsp3) is 0.438. The number of rotatable bonds is 5. The van der Waals surface area contributed by atoms with E-state index in [1.54, 1.807) is 0 Å². The SMILES string of the molecule is O=C(CN1CCN(Cc2nnsc2Cl)CC1)Nc1ccc(Cl)c(C(F)(F)F)c1. The molecule has 0 spiro atoms. The van der Waals surface area contributed by atoms with Crippen molar-refractivity contribution in [1.82, 2.24) is 19.4 Å². The first-order valence-corrected chi connectivity index (χ1v) is 9.83. The quantitative estimate of drug-likeness (QED) is 0.748. The van der Waals surface area contributed by atoms with Crippen molar-refractivity contribution in [2.75, 3.05) is 38.0 Å². The molecule has 28 heavy (non-hydrogen) atoms. The van der Waals surface area contributed by atoms with E-state index in [4.69, 9.17) is 23.2 Å². The number of piperazine rings is 1. The second-order valence-electron chi connectivity index (χ2n) is 6.29. The van der Waals surface area contributed by atoms with Crippen LogP contribution in [0.3, 0.4) is 0 Å². The Bertz CT molecular complexity index is 840. The largest absolute Gasteiger partial charge is 0.417 e. The Kier molecular flexibility index (Phi) is 6.77. The highest BCUT2D eigenvalue weighted by molar-refractivity contribution is 7.10. The number of nitrogens with one attached hydrogen (secondary N) is 1. The first-order valence-electron chi connectivity index (χ1n) is 8.30. The third-order valence-electron chi connectivity index (χ3n) is 4.27. The molecule has 0 aliphatic carbocycles. The summed E-state index contributed by atoms with van der Waals surface area (Å²) in [6.07, 6.45) is -4.58. The lowest BCUT2D eigenvalue weighted by molar-refractivity contribution is -0.137. The molecule has 1 N–H and O–H groups in total. The Morgan fingerprint density at radius 2 is 1.86 bits per heavy atom. The number of anilines is 1. The van der Waals surface area contributed by atoms with Gasteiger partial charge in [0.05, 0.1) is 17.1 Å². The fourth-order valence-corrected chi connectivity index (χ4v) is 3.67. The first kappa shape index (κ1) is 21.3. The summed E-state index contributed by atoms with van der Waals surface area (Å²) in [6.45, 7) is 3.44. The summed E-state index contributed by atoms with van der Waals surface area (Å²) in [4.78, 5) is 16.3. The summed E-state index contributed by atoms with van der Waals surface area (Å²) >= 11 is 12.7. The van der Waals surface area contributed by atoms with Crippen molar-refractivity contribution in [3.63, 3.8) is 0 Å². The van der Waals surface area contributed by atoms with Crippen molar-refractivity contribution in [1.29, 1.82) is 0 Å². The van der Waals surface area contributed by atoms with Crippen LogP contribution in [-0.4, -0.2) is 58.0 Å². The molecule has 12 heteroatoms. The van der Waals surface area contributed by atoms with Gasteiger partial charge in [-0.3, -0.25) is 14.6 Å². The van der Waals surface area contributed by atoms with Gasteiger partial charge in [-0.1, -0.05) is 27.7 Å². The lowest BCUT2D eigenvalue weighted by atomic mass is 10.2. The Hall–Kier alpha value is -1.46. The Balaban J connectivity index is 1.49. The van der Waals surface area contributed by atoms with E-state index < -0.39 is 16.8 Å². The van der Waals surface area contributed by atoms with Crippen LogP contribution in [-0.2, 0) is 17.5 Å². The van der Waals surface area contributed by atoms with Gasteiger partial charge in [-0.05, 0) is 18.2 Å². The minimum absolute atomic E-state index is 0.0611. The van der Waals surface area contributed by atoms with E-state index in [9.17, 15) is 18.0 Å². The van der Waals surface area contributed by atoms with Gasteiger partial charge < -0.3 is 5.32 Å². The van der Waals surface area contributed by atoms with Crippen molar-refractivity contribution in [3.05, 3.63) is 38.8 Å². The van der Waals surface area contributed by atoms with Crippen LogP contribution in [0, 0.1) is 0 Å². The molecule has 0 unspecified atom stereocenters. The maximum atomic E-state index is 12.9. The highest BCUT2D eigenvalue weighted by Gasteiger charge is 2.33. The maximum absolute atomic E-state index is 12.9. The summed E-state index contributed by atoms with van der Waals surface area (Å²) < 4.78 is 43.1. The van der Waals surface area contributed by atoms with Gasteiger partial charge in [0.2, 0.25) is 5.91 Å². The van der Waals surface area contributed by atoms with Crippen LogP contribution in [0.15, 0.2) is 18.2 Å². The number of hydrogen-bond donors (Lipinski definition) is 1. The predicted molar refractivity (Wildman–Crippen MR) is 102 cm³/mol. The van der Waals surface area contributed by atoms with Gasteiger partial charge in [0, 0.05) is 49.9 Å². The van der Waals surface area contributed by atoms with Gasteiger partial charge in [-0.15, -0.1) is 5.10 Å². The molecule has 2 aromatic rings. The molecule has 3 rings (SSSR count). The van der Waals surface area contributed by atoms with Crippen LogP contribution in [0.25, 0.3) is 0 Å². The zero-order valence-electron chi connectivity index (χ0n) is 14.5. The van der Waals surface area contributed by atoms with Crippen LogP contribution in [0.2, 0.25) is 9.36 Å². The van der Waals surface area contributed by atoms with E-state index in [2.05, 4.69) is 19.8 Å². The summed E-state index contributed by atoms with van der Waals surface area (Å²) in [5, 5.41) is 6.07. The predicted octanol–water partition coefficient (Wildman–Crippen LogP) is 3.62. The van der Waals surface area contributed by atoms with E-state index in [0.717, 1.165) is 42.4 Å². The second kappa shape index (κ2) is 8.91. The Morgan fingerprint density at radius 1 is 1.18 bits per heavy atom. The molecular weight excluding hydrogens is 438 g/mol. The van der Waals surface area contributed by atoms with Gasteiger partial charge >= 0.3 is 6.18 Å². The molecule has 1 aliphatic heterocycles. The molecule has 0 atom stereocenters. The number of benzene rings is 1. The molecule has 0 radical (unpaired) electrons. The third-order valence-corrected chi connectivity index (χ3v) is 5.58. The molecule has 1 aromatic heterocycles. The number of amides is 1. The number of nitrogens with zero attached hydrogens (tertiary/aromatic N) is 4. The Morgan fingerprint density at radius 3 is 2.46 bits per heavy atom. The van der Waals surface area contributed by atoms with E-state index in [1.165, 1.54) is 6.07 Å². The van der Waals surface area contributed by atoms with Crippen molar-refractivity contribution in [2.45, 2.75) is 12.7 Å². The smallest absolute Gasteiger partial charge is 0.325 e. The van der Waals surface area contributed by atoms with Crippen LogP contribution in [0.4, 0.5) is 18.9 Å². The summed E-state index contributed by atoms with van der Waals surface area (Å²) in [5.41, 5.74) is -0.178. The normalized spacial score (nSPS) is 16.3. The van der Waals surface area contributed by atoms with E-state index in [1.807, 2.05) is 4.90 Å². The lowest BCUT2D eigenvalue weighted by Crippen LogP contribution is -2.48. The number of alkyl halides is 3. The van der Waals surface area contributed by atoms with Crippen LogP contribution in [0.1, 0.15) is 11.3 Å². The average Bonchev–Trinajstić information content (AvgIpc) is 3.02. The summed E-state index contributed by atoms with van der Waals surface area (Å²) in [7, 11) is 0. The van der Waals surface area contributed by atoms with E-state index in [-0.39, 0.29) is 18.1 Å². The second-order valence-corrected chi connectivity index (χ2v) is 8.05. The zero-order chi connectivity index (χ0) is 20.3. The highest BCUT2D eigenvalue weighted by Crippen LogP contribution is 2.36. The topological polar surface area (TPSA) is 61.4 Å². The average molecular weight is 454 g/mol. The highest BCUT2D eigenvalue weighted by atomic mass is 35.5. The van der Waals surface area contributed by atoms with Crippen LogP contribution < -0.4 is 5.32 Å². The van der Waals surface area contributed by atoms with Crippen LogP contribution >= 0.6 is 34.7 Å². The molecule has 6 nitrogen and oxygen atoms in total. The summed E-state index contributed by atoms with van der Waals surface area (Å²) in [5.74, 6) is -0.379. The minimum Gasteiger partial charge on any atom is -0.325 e. The van der Waals surface area contributed by atoms with Gasteiger partial charge in [0.25, 0.3) is 0 Å². The molecule has 0 saturated carbocycles. The fourth-order valence-electron chi connectivity index (χ4n) is 2.83. The van der Waals surface area contributed by atoms with Crippen molar-refractivity contribution >= 4 is 46.3 Å². The molecule has 1 saturated heterocycles. The number of hydrogen-bond acceptors (Lipinski definition) is 6. The number of halogens is 5. The van der Waals surface area contributed by atoms with Gasteiger partial charge in [-0.25, -0.2) is 0 Å². The number of aromatic nitrogens is 2. The first-order chi connectivity index (χ1) is 13.2. The molecule has 0 bridgehead atoms. The summed E-state index contributed by atoms with van der Waals surface area (Å²) in [6, 6.07) is 3.31. The van der Waals surface area contributed by atoms with Crippen molar-refractivity contribution in [2.24, 2.45) is 0 Å². The van der Waals surface area contributed by atoms with Gasteiger partial charge in [-0.2, -0.15) is 13.2 Å². The van der Waals surface area contributed by atoms with Gasteiger partial charge in [0.15, 0.2) is 0 Å². The molecule has 1 fully saturated rings. The molecule has 2 heterocycles.